The molecule has 26 heavy (non-hydrogen) atoms. The molecule has 0 aliphatic carbocycles. The number of hydrogen-bond donors (Lipinski definition) is 2. The second-order valence-corrected chi connectivity index (χ2v) is 4.58. The summed E-state index contributed by atoms with van der Waals surface area (Å²) in [4.78, 5) is 29.3. The van der Waals surface area contributed by atoms with Crippen molar-refractivity contribution in [2.45, 2.75) is 13.8 Å². The number of benzene rings is 1. The summed E-state index contributed by atoms with van der Waals surface area (Å²) >= 11 is 0. The minimum atomic E-state index is -0.935. The molecule has 1 amide bonds. The van der Waals surface area contributed by atoms with Gasteiger partial charge in [0.2, 0.25) is 5.91 Å². The average Bonchev–Trinajstić information content (AvgIpc) is 2.62. The average molecular weight is 361 g/mol. The largest absolute Gasteiger partial charge is 0.478 e. The third kappa shape index (κ3) is 22.9. The summed E-state index contributed by atoms with van der Waals surface area (Å²) in [5, 5.41) is 7.89. The van der Waals surface area contributed by atoms with E-state index in [2.05, 4.69) is 36.8 Å². The van der Waals surface area contributed by atoms with E-state index in [-0.39, 0.29) is 11.5 Å². The molecule has 0 bridgehead atoms. The molecule has 0 aliphatic heterocycles. The van der Waals surface area contributed by atoms with E-state index in [1.807, 2.05) is 36.4 Å². The molecule has 6 heteroatoms. The number of carbonyl (C=O) groups excluding carboxylic acids is 2. The molecule has 3 N–H and O–H groups in total. The number of amides is 1. The van der Waals surface area contributed by atoms with Gasteiger partial charge in [0, 0.05) is 11.1 Å². The number of esters is 1. The Morgan fingerprint density at radius 3 is 1.54 bits per heavy atom. The number of rotatable bonds is 4. The van der Waals surface area contributed by atoms with E-state index in [9.17, 15) is 14.4 Å². The molecule has 0 aromatic heterocycles. The fourth-order valence-electron chi connectivity index (χ4n) is 0.763. The van der Waals surface area contributed by atoms with Crippen molar-refractivity contribution in [1.82, 2.24) is 0 Å². The summed E-state index contributed by atoms with van der Waals surface area (Å²) in [6.45, 7) is 16.3. The van der Waals surface area contributed by atoms with Crippen LogP contribution in [-0.2, 0) is 19.1 Å². The van der Waals surface area contributed by atoms with Crippen molar-refractivity contribution >= 4 is 23.9 Å². The molecule has 6 nitrogen and oxygen atoms in total. The van der Waals surface area contributed by atoms with Crippen molar-refractivity contribution in [3.05, 3.63) is 79.4 Å². The Kier molecular flexibility index (Phi) is 18.9. The number of carbonyl (C=O) groups is 3. The summed E-state index contributed by atoms with van der Waals surface area (Å²) in [6, 6.07) is 10.0. The number of carboxylic acid groups (broad SMARTS) is 1. The predicted octanol–water partition coefficient (Wildman–Crippen LogP) is 3.37. The minimum Gasteiger partial charge on any atom is -0.478 e. The Morgan fingerprint density at radius 1 is 1.04 bits per heavy atom. The van der Waals surface area contributed by atoms with Gasteiger partial charge in [0.05, 0.1) is 7.11 Å². The molecule has 1 rings (SSSR count). The maximum atomic E-state index is 10.2. The molecular formula is C20H27NO5. The van der Waals surface area contributed by atoms with Crippen molar-refractivity contribution in [2.24, 2.45) is 5.73 Å². The van der Waals surface area contributed by atoms with Crippen LogP contribution in [0, 0.1) is 0 Å². The fourth-order valence-corrected chi connectivity index (χ4v) is 0.763. The number of methoxy groups -OCH3 is 1. The molecule has 0 fully saturated rings. The van der Waals surface area contributed by atoms with E-state index in [1.165, 1.54) is 19.6 Å². The van der Waals surface area contributed by atoms with Crippen LogP contribution in [0.25, 0.3) is 6.08 Å². The van der Waals surface area contributed by atoms with Crippen LogP contribution < -0.4 is 5.73 Å². The number of hydrogen-bond acceptors (Lipinski definition) is 4. The first-order valence-electron chi connectivity index (χ1n) is 7.25. The van der Waals surface area contributed by atoms with Crippen LogP contribution in [0.5, 0.6) is 0 Å². The lowest BCUT2D eigenvalue weighted by atomic mass is 10.2. The summed E-state index contributed by atoms with van der Waals surface area (Å²) < 4.78 is 4.27. The predicted molar refractivity (Wildman–Crippen MR) is 105 cm³/mol. The van der Waals surface area contributed by atoms with Crippen LogP contribution in [0.1, 0.15) is 19.4 Å². The van der Waals surface area contributed by atoms with Crippen molar-refractivity contribution < 1.29 is 24.2 Å². The molecule has 0 spiro atoms. The number of ether oxygens (including phenoxy) is 1. The molecule has 0 unspecified atom stereocenters. The third-order valence-electron chi connectivity index (χ3n) is 2.14. The van der Waals surface area contributed by atoms with E-state index in [4.69, 9.17) is 5.11 Å². The molecule has 0 heterocycles. The monoisotopic (exact) mass is 361 g/mol. The molecule has 1 aromatic rings. The fraction of sp³-hybridized carbons (Fsp3) is 0.150. The topological polar surface area (TPSA) is 107 Å². The standard InChI is InChI=1S/C8H8.C5H8O2.C4H6O2.C3H5NO/c1-2-8-6-4-3-5-7-8;1-4(2)5(6)7-3;1-3(2)4(5)6;1-2-3(4)5/h2-7H,1H2;1H2,2-3H3;1H2,2H3,(H,5,6);2H,1H2,(H2,4,5). The van der Waals surface area contributed by atoms with Gasteiger partial charge in [0.25, 0.3) is 0 Å². The van der Waals surface area contributed by atoms with Gasteiger partial charge in [-0.2, -0.15) is 0 Å². The summed E-state index contributed by atoms with van der Waals surface area (Å²) in [5.41, 5.74) is 6.32. The Labute approximate surface area is 155 Å². The zero-order chi connectivity index (χ0) is 21.1. The van der Waals surface area contributed by atoms with Crippen LogP contribution >= 0.6 is 0 Å². The van der Waals surface area contributed by atoms with Gasteiger partial charge in [-0.1, -0.05) is 62.7 Å². The highest BCUT2D eigenvalue weighted by molar-refractivity contribution is 5.86. The van der Waals surface area contributed by atoms with Crippen molar-refractivity contribution in [3.8, 4) is 0 Å². The van der Waals surface area contributed by atoms with Crippen molar-refractivity contribution in [1.29, 1.82) is 0 Å². The normalized spacial score (nSPS) is 7.65. The van der Waals surface area contributed by atoms with Gasteiger partial charge in [0.15, 0.2) is 0 Å². The van der Waals surface area contributed by atoms with E-state index < -0.39 is 11.9 Å². The summed E-state index contributed by atoms with van der Waals surface area (Å²) in [5.74, 6) is -1.76. The third-order valence-corrected chi connectivity index (χ3v) is 2.14. The number of aliphatic carboxylic acids is 1. The van der Waals surface area contributed by atoms with Gasteiger partial charge in [-0.05, 0) is 25.5 Å². The molecule has 0 radical (unpaired) electrons. The Balaban J connectivity index is -0.000000276. The molecule has 0 atom stereocenters. The lowest BCUT2D eigenvalue weighted by Crippen LogP contribution is -2.04. The van der Waals surface area contributed by atoms with Crippen molar-refractivity contribution in [2.75, 3.05) is 7.11 Å². The second kappa shape index (κ2) is 17.9. The lowest BCUT2D eigenvalue weighted by molar-refractivity contribution is -0.136. The Hall–Kier alpha value is -3.41. The van der Waals surface area contributed by atoms with Crippen LogP contribution in [0.2, 0.25) is 0 Å². The Morgan fingerprint density at radius 2 is 1.42 bits per heavy atom. The highest BCUT2D eigenvalue weighted by atomic mass is 16.5. The van der Waals surface area contributed by atoms with Crippen LogP contribution in [0.4, 0.5) is 0 Å². The molecule has 0 saturated heterocycles. The number of primary amides is 1. The van der Waals surface area contributed by atoms with Crippen molar-refractivity contribution in [3.63, 3.8) is 0 Å². The van der Waals surface area contributed by atoms with Gasteiger partial charge < -0.3 is 15.6 Å². The smallest absolute Gasteiger partial charge is 0.332 e. The second-order valence-electron chi connectivity index (χ2n) is 4.58. The lowest BCUT2D eigenvalue weighted by Gasteiger charge is -1.91. The van der Waals surface area contributed by atoms with Gasteiger partial charge >= 0.3 is 11.9 Å². The van der Waals surface area contributed by atoms with E-state index in [0.29, 0.717) is 5.57 Å². The maximum Gasteiger partial charge on any atom is 0.332 e. The van der Waals surface area contributed by atoms with Gasteiger partial charge in [-0.3, -0.25) is 4.79 Å². The van der Waals surface area contributed by atoms with Crippen LogP contribution in [-0.4, -0.2) is 30.1 Å². The highest BCUT2D eigenvalue weighted by Crippen LogP contribution is 1.97. The molecule has 1 aromatic carbocycles. The first kappa shape index (κ1) is 27.4. The molecule has 0 saturated carbocycles. The Bertz CT molecular complexity index is 606. The highest BCUT2D eigenvalue weighted by Gasteiger charge is 1.95. The van der Waals surface area contributed by atoms with Crippen LogP contribution in [0.15, 0.2) is 73.9 Å². The zero-order valence-corrected chi connectivity index (χ0v) is 15.5. The van der Waals surface area contributed by atoms with Gasteiger partial charge in [0.1, 0.15) is 0 Å². The number of nitrogens with two attached hydrogens (primary N) is 1. The SMILES string of the molecule is C=C(C)C(=O)O.C=C(C)C(=O)OC.C=CC(N)=O.C=Cc1ccccc1. The molecule has 142 valence electrons. The van der Waals surface area contributed by atoms with Gasteiger partial charge in [-0.25, -0.2) is 9.59 Å². The number of carboxylic acids is 1. The van der Waals surface area contributed by atoms with Gasteiger partial charge in [-0.15, -0.1) is 0 Å². The summed E-state index contributed by atoms with van der Waals surface area (Å²) in [6.07, 6.45) is 2.89. The van der Waals surface area contributed by atoms with Crippen LogP contribution in [0.3, 0.4) is 0 Å². The molecular weight excluding hydrogens is 334 g/mol. The maximum absolute atomic E-state index is 10.2. The summed E-state index contributed by atoms with van der Waals surface area (Å²) in [7, 11) is 1.33. The minimum absolute atomic E-state index is 0.176. The zero-order valence-electron chi connectivity index (χ0n) is 15.5. The molecule has 0 aliphatic rings. The van der Waals surface area contributed by atoms with E-state index in [0.717, 1.165) is 6.08 Å². The first-order chi connectivity index (χ1) is 12.0. The van der Waals surface area contributed by atoms with E-state index in [1.54, 1.807) is 6.92 Å². The first-order valence-corrected chi connectivity index (χ1v) is 7.25. The quantitative estimate of drug-likeness (QED) is 0.631. The van der Waals surface area contributed by atoms with E-state index >= 15 is 0 Å².